The topological polar surface area (TPSA) is 54.0 Å². The second-order valence-electron chi connectivity index (χ2n) is 5.17. The Hall–Kier alpha value is -2.47. The van der Waals surface area contributed by atoms with Gasteiger partial charge in [-0.05, 0) is 42.8 Å². The molecule has 0 saturated carbocycles. The fraction of sp³-hybridized carbons (Fsp3) is 0.176. The van der Waals surface area contributed by atoms with Gasteiger partial charge in [0.25, 0.3) is 0 Å². The number of rotatable bonds is 5. The zero-order valence-electron chi connectivity index (χ0n) is 12.6. The van der Waals surface area contributed by atoms with Crippen LogP contribution in [0.4, 0.5) is 10.1 Å². The van der Waals surface area contributed by atoms with E-state index in [2.05, 4.69) is 15.6 Å². The van der Waals surface area contributed by atoms with Crippen LogP contribution in [0.2, 0.25) is 0 Å². The van der Waals surface area contributed by atoms with E-state index >= 15 is 0 Å². The monoisotopic (exact) mass is 329 g/mol. The molecule has 0 atom stereocenters. The highest BCUT2D eigenvalue weighted by atomic mass is 32.1. The van der Waals surface area contributed by atoms with Crippen LogP contribution < -0.4 is 10.6 Å². The minimum atomic E-state index is -0.282. The maximum Gasteiger partial charge on any atom is 0.239 e. The number of amides is 1. The van der Waals surface area contributed by atoms with Crippen LogP contribution in [0.3, 0.4) is 0 Å². The number of carbonyl (C=O) groups excluding carboxylic acids is 1. The summed E-state index contributed by atoms with van der Waals surface area (Å²) in [4.78, 5) is 16.3. The molecule has 2 N–H and O–H groups in total. The molecule has 1 amide bonds. The zero-order chi connectivity index (χ0) is 16.2. The highest BCUT2D eigenvalue weighted by Gasteiger charge is 2.04. The van der Waals surface area contributed by atoms with Crippen LogP contribution in [0.5, 0.6) is 0 Å². The van der Waals surface area contributed by atoms with E-state index in [1.54, 1.807) is 23.5 Å². The van der Waals surface area contributed by atoms with Crippen molar-refractivity contribution in [2.75, 3.05) is 11.9 Å². The van der Waals surface area contributed by atoms with E-state index in [0.29, 0.717) is 6.54 Å². The van der Waals surface area contributed by atoms with Crippen LogP contribution in [-0.2, 0) is 11.3 Å². The van der Waals surface area contributed by atoms with Gasteiger partial charge < -0.3 is 10.6 Å². The number of nitrogens with zero attached hydrogens (tertiary/aromatic N) is 1. The average molecular weight is 329 g/mol. The molecule has 0 radical (unpaired) electrons. The van der Waals surface area contributed by atoms with Gasteiger partial charge in [0.05, 0.1) is 21.8 Å². The van der Waals surface area contributed by atoms with Crippen LogP contribution >= 0.6 is 11.3 Å². The van der Waals surface area contributed by atoms with E-state index < -0.39 is 0 Å². The van der Waals surface area contributed by atoms with Gasteiger partial charge in [0.15, 0.2) is 0 Å². The van der Waals surface area contributed by atoms with Crippen molar-refractivity contribution in [2.45, 2.75) is 13.5 Å². The summed E-state index contributed by atoms with van der Waals surface area (Å²) in [5.41, 5.74) is 2.72. The summed E-state index contributed by atoms with van der Waals surface area (Å²) in [6.07, 6.45) is 0. The summed E-state index contributed by atoms with van der Waals surface area (Å²) >= 11 is 1.63. The molecular formula is C17H16FN3OS. The van der Waals surface area contributed by atoms with Crippen LogP contribution in [0, 0.1) is 12.7 Å². The Kier molecular flexibility index (Phi) is 4.52. The van der Waals surface area contributed by atoms with Crippen molar-refractivity contribution in [1.82, 2.24) is 10.3 Å². The molecular weight excluding hydrogens is 313 g/mol. The molecule has 0 aliphatic heterocycles. The van der Waals surface area contributed by atoms with Gasteiger partial charge in [-0.2, -0.15) is 0 Å². The molecule has 0 aliphatic carbocycles. The fourth-order valence-electron chi connectivity index (χ4n) is 2.20. The molecule has 0 spiro atoms. The van der Waals surface area contributed by atoms with Crippen molar-refractivity contribution in [3.63, 3.8) is 0 Å². The Balaban J connectivity index is 1.52. The molecule has 3 aromatic rings. The van der Waals surface area contributed by atoms with E-state index in [0.717, 1.165) is 26.5 Å². The summed E-state index contributed by atoms with van der Waals surface area (Å²) in [6.45, 7) is 2.54. The Bertz CT molecular complexity index is 829. The number of hydrogen-bond donors (Lipinski definition) is 2. The van der Waals surface area contributed by atoms with E-state index in [9.17, 15) is 9.18 Å². The van der Waals surface area contributed by atoms with Crippen LogP contribution in [0.25, 0.3) is 10.2 Å². The summed E-state index contributed by atoms with van der Waals surface area (Å²) < 4.78 is 13.9. The Labute approximate surface area is 137 Å². The third-order valence-electron chi connectivity index (χ3n) is 3.35. The summed E-state index contributed by atoms with van der Waals surface area (Å²) in [5.74, 6) is -0.398. The van der Waals surface area contributed by atoms with E-state index in [4.69, 9.17) is 0 Å². The number of aryl methyl sites for hydroxylation is 1. The molecule has 0 fully saturated rings. The quantitative estimate of drug-likeness (QED) is 0.753. The Morgan fingerprint density at radius 1 is 1.22 bits per heavy atom. The van der Waals surface area contributed by atoms with Gasteiger partial charge in [-0.1, -0.05) is 12.1 Å². The lowest BCUT2D eigenvalue weighted by Crippen LogP contribution is -2.29. The first-order chi connectivity index (χ1) is 11.1. The number of carbonyl (C=O) groups is 1. The number of hydrogen-bond acceptors (Lipinski definition) is 4. The van der Waals surface area contributed by atoms with E-state index in [1.165, 1.54) is 12.1 Å². The van der Waals surface area contributed by atoms with Gasteiger partial charge in [-0.3, -0.25) is 4.79 Å². The molecule has 2 aromatic carbocycles. The van der Waals surface area contributed by atoms with Gasteiger partial charge in [-0.25, -0.2) is 9.37 Å². The van der Waals surface area contributed by atoms with Crippen LogP contribution in [0.15, 0.2) is 42.5 Å². The van der Waals surface area contributed by atoms with Crippen molar-refractivity contribution in [3.8, 4) is 0 Å². The van der Waals surface area contributed by atoms with Crippen LogP contribution in [0.1, 0.15) is 10.6 Å². The number of anilines is 1. The van der Waals surface area contributed by atoms with Crippen molar-refractivity contribution in [2.24, 2.45) is 0 Å². The van der Waals surface area contributed by atoms with E-state index in [1.807, 2.05) is 25.1 Å². The molecule has 0 bridgehead atoms. The SMILES string of the molecule is Cc1nc2ccc(NCC(=O)NCc3ccc(F)cc3)cc2s1. The third kappa shape index (κ3) is 4.04. The first kappa shape index (κ1) is 15.4. The number of benzene rings is 2. The predicted octanol–water partition coefficient (Wildman–Crippen LogP) is 3.47. The second kappa shape index (κ2) is 6.75. The summed E-state index contributed by atoms with van der Waals surface area (Å²) in [5, 5.41) is 6.92. The minimum Gasteiger partial charge on any atom is -0.376 e. The van der Waals surface area contributed by atoms with Crippen LogP contribution in [-0.4, -0.2) is 17.4 Å². The number of halogens is 1. The molecule has 0 aliphatic rings. The molecule has 1 heterocycles. The second-order valence-corrected chi connectivity index (χ2v) is 6.41. The molecule has 3 rings (SSSR count). The average Bonchev–Trinajstić information content (AvgIpc) is 2.91. The summed E-state index contributed by atoms with van der Waals surface area (Å²) in [6, 6.07) is 11.9. The molecule has 6 heteroatoms. The van der Waals surface area contributed by atoms with Crippen molar-refractivity contribution < 1.29 is 9.18 Å². The number of fused-ring (bicyclic) bond motifs is 1. The van der Waals surface area contributed by atoms with Gasteiger partial charge in [0.2, 0.25) is 5.91 Å². The lowest BCUT2D eigenvalue weighted by Gasteiger charge is -2.08. The predicted molar refractivity (Wildman–Crippen MR) is 91.1 cm³/mol. The van der Waals surface area contributed by atoms with Gasteiger partial charge >= 0.3 is 0 Å². The lowest BCUT2D eigenvalue weighted by atomic mass is 10.2. The minimum absolute atomic E-state index is 0.116. The molecule has 4 nitrogen and oxygen atoms in total. The first-order valence-electron chi connectivity index (χ1n) is 7.22. The van der Waals surface area contributed by atoms with Gasteiger partial charge in [0, 0.05) is 12.2 Å². The van der Waals surface area contributed by atoms with Gasteiger partial charge in [-0.15, -0.1) is 11.3 Å². The third-order valence-corrected chi connectivity index (χ3v) is 4.28. The molecule has 23 heavy (non-hydrogen) atoms. The normalized spacial score (nSPS) is 10.7. The first-order valence-corrected chi connectivity index (χ1v) is 8.04. The van der Waals surface area contributed by atoms with Gasteiger partial charge in [0.1, 0.15) is 5.82 Å². The fourth-order valence-corrected chi connectivity index (χ4v) is 3.06. The number of nitrogens with one attached hydrogen (secondary N) is 2. The lowest BCUT2D eigenvalue weighted by molar-refractivity contribution is -0.119. The van der Waals surface area contributed by atoms with Crippen molar-refractivity contribution in [3.05, 3.63) is 58.9 Å². The molecule has 1 aromatic heterocycles. The maximum absolute atomic E-state index is 12.8. The van der Waals surface area contributed by atoms with Crippen molar-refractivity contribution >= 4 is 33.1 Å². The molecule has 0 unspecified atom stereocenters. The highest BCUT2D eigenvalue weighted by Crippen LogP contribution is 2.24. The maximum atomic E-state index is 12.8. The molecule has 0 saturated heterocycles. The smallest absolute Gasteiger partial charge is 0.239 e. The highest BCUT2D eigenvalue weighted by molar-refractivity contribution is 7.18. The molecule has 118 valence electrons. The Morgan fingerprint density at radius 3 is 2.78 bits per heavy atom. The summed E-state index contributed by atoms with van der Waals surface area (Å²) in [7, 11) is 0. The number of thiazole rings is 1. The van der Waals surface area contributed by atoms with E-state index in [-0.39, 0.29) is 18.3 Å². The largest absolute Gasteiger partial charge is 0.376 e. The Morgan fingerprint density at radius 2 is 2.00 bits per heavy atom. The number of aromatic nitrogens is 1. The zero-order valence-corrected chi connectivity index (χ0v) is 13.4. The van der Waals surface area contributed by atoms with Crippen molar-refractivity contribution in [1.29, 1.82) is 0 Å². The standard InChI is InChI=1S/C17H16FN3OS/c1-11-21-15-7-6-14(8-16(15)23-11)19-10-17(22)20-9-12-2-4-13(18)5-3-12/h2-8,19H,9-10H2,1H3,(H,20,22).